The first-order valence-electron chi connectivity index (χ1n) is 2.99. The van der Waals surface area contributed by atoms with Crippen LogP contribution < -0.4 is 5.32 Å². The highest BCUT2D eigenvalue weighted by Crippen LogP contribution is 1.88. The molecule has 0 radical (unpaired) electrons. The monoisotopic (exact) mass is 131 g/mol. The van der Waals surface area contributed by atoms with Crippen LogP contribution >= 0.6 is 0 Å². The standard InChI is InChI=1S/C5H11NO.CH2O/c1-5-4-7-3-2-6-5;1-2/h5-6H,2-4H2,1H3;1H2/t5-;/m0./s1. The molecule has 1 saturated heterocycles. The van der Waals surface area contributed by atoms with E-state index >= 15 is 0 Å². The van der Waals surface area contributed by atoms with Crippen molar-refractivity contribution in [3.8, 4) is 0 Å². The Morgan fingerprint density at radius 3 is 2.56 bits per heavy atom. The lowest BCUT2D eigenvalue weighted by Crippen LogP contribution is -2.38. The smallest absolute Gasteiger partial charge is 0.106 e. The normalized spacial score (nSPS) is 26.1. The summed E-state index contributed by atoms with van der Waals surface area (Å²) in [7, 11) is 0. The van der Waals surface area contributed by atoms with Gasteiger partial charge in [-0.3, -0.25) is 0 Å². The third kappa shape index (κ3) is 4.12. The summed E-state index contributed by atoms with van der Waals surface area (Å²) in [6, 6.07) is 0.564. The molecule has 0 amide bonds. The van der Waals surface area contributed by atoms with Gasteiger partial charge in [0.05, 0.1) is 13.2 Å². The first-order chi connectivity index (χ1) is 4.39. The Bertz CT molecular complexity index is 62.1. The number of ether oxygens (including phenoxy) is 1. The minimum atomic E-state index is 0.564. The topological polar surface area (TPSA) is 38.3 Å². The number of nitrogens with one attached hydrogen (secondary N) is 1. The van der Waals surface area contributed by atoms with Crippen molar-refractivity contribution in [1.82, 2.24) is 5.32 Å². The van der Waals surface area contributed by atoms with Crippen LogP contribution in [0.5, 0.6) is 0 Å². The summed E-state index contributed by atoms with van der Waals surface area (Å²) in [5, 5.41) is 3.26. The lowest BCUT2D eigenvalue weighted by molar-refractivity contribution is -0.0979. The number of carbonyl (C=O) groups excluding carboxylic acids is 1. The molecule has 3 nitrogen and oxygen atoms in total. The first kappa shape index (κ1) is 8.59. The summed E-state index contributed by atoms with van der Waals surface area (Å²) < 4.78 is 5.12. The average Bonchev–Trinajstić information content (AvgIpc) is 1.94. The van der Waals surface area contributed by atoms with Crippen LogP contribution in [-0.2, 0) is 9.53 Å². The molecule has 0 aromatic rings. The van der Waals surface area contributed by atoms with E-state index in [1.807, 2.05) is 6.79 Å². The van der Waals surface area contributed by atoms with Crippen LogP contribution in [0, 0.1) is 0 Å². The molecular formula is C6H13NO2. The van der Waals surface area contributed by atoms with Crippen molar-refractivity contribution < 1.29 is 9.53 Å². The molecule has 1 atom stereocenters. The van der Waals surface area contributed by atoms with Gasteiger partial charge in [0.15, 0.2) is 0 Å². The Morgan fingerprint density at radius 2 is 2.33 bits per heavy atom. The number of hydrogen-bond acceptors (Lipinski definition) is 3. The predicted molar refractivity (Wildman–Crippen MR) is 35.4 cm³/mol. The fraction of sp³-hybridized carbons (Fsp3) is 0.833. The summed E-state index contributed by atoms with van der Waals surface area (Å²) >= 11 is 0. The highest BCUT2D eigenvalue weighted by atomic mass is 16.5. The Hall–Kier alpha value is -0.410. The number of hydrogen-bond donors (Lipinski definition) is 1. The van der Waals surface area contributed by atoms with E-state index < -0.39 is 0 Å². The summed E-state index contributed by atoms with van der Waals surface area (Å²) in [4.78, 5) is 8.00. The quantitative estimate of drug-likeness (QED) is 0.495. The lowest BCUT2D eigenvalue weighted by Gasteiger charge is -2.19. The van der Waals surface area contributed by atoms with Gasteiger partial charge in [0, 0.05) is 12.6 Å². The summed E-state index contributed by atoms with van der Waals surface area (Å²) in [6.45, 7) is 6.89. The summed E-state index contributed by atoms with van der Waals surface area (Å²) in [5.74, 6) is 0. The Labute approximate surface area is 55.4 Å². The zero-order chi connectivity index (χ0) is 7.11. The molecule has 1 fully saturated rings. The molecule has 9 heavy (non-hydrogen) atoms. The Kier molecular flexibility index (Phi) is 5.46. The molecule has 0 bridgehead atoms. The molecule has 1 heterocycles. The van der Waals surface area contributed by atoms with Gasteiger partial charge >= 0.3 is 0 Å². The van der Waals surface area contributed by atoms with Gasteiger partial charge in [-0.2, -0.15) is 0 Å². The molecule has 1 N–H and O–H groups in total. The van der Waals surface area contributed by atoms with Crippen molar-refractivity contribution in [2.75, 3.05) is 19.8 Å². The van der Waals surface area contributed by atoms with Gasteiger partial charge in [0.2, 0.25) is 0 Å². The summed E-state index contributed by atoms with van der Waals surface area (Å²) in [6.07, 6.45) is 0. The molecule has 1 rings (SSSR count). The summed E-state index contributed by atoms with van der Waals surface area (Å²) in [5.41, 5.74) is 0. The van der Waals surface area contributed by atoms with Crippen molar-refractivity contribution in [3.05, 3.63) is 0 Å². The average molecular weight is 131 g/mol. The fourth-order valence-electron chi connectivity index (χ4n) is 0.697. The van der Waals surface area contributed by atoms with E-state index in [-0.39, 0.29) is 0 Å². The van der Waals surface area contributed by atoms with Gasteiger partial charge in [-0.15, -0.1) is 0 Å². The van der Waals surface area contributed by atoms with Gasteiger partial charge in [0.1, 0.15) is 6.79 Å². The molecule has 1 aliphatic rings. The second-order valence-electron chi connectivity index (χ2n) is 1.93. The number of rotatable bonds is 0. The number of morpholine rings is 1. The maximum Gasteiger partial charge on any atom is 0.106 e. The highest BCUT2D eigenvalue weighted by Gasteiger charge is 2.04. The predicted octanol–water partition coefficient (Wildman–Crippen LogP) is -0.190. The second kappa shape index (κ2) is 5.72. The zero-order valence-corrected chi connectivity index (χ0v) is 5.72. The molecule has 54 valence electrons. The van der Waals surface area contributed by atoms with Crippen molar-refractivity contribution in [2.24, 2.45) is 0 Å². The van der Waals surface area contributed by atoms with Crippen LogP contribution in [0.4, 0.5) is 0 Å². The first-order valence-corrected chi connectivity index (χ1v) is 2.99. The molecular weight excluding hydrogens is 118 g/mol. The van der Waals surface area contributed by atoms with Crippen LogP contribution in [-0.4, -0.2) is 32.6 Å². The molecule has 0 aromatic carbocycles. The SMILES string of the molecule is C=O.C[C@H]1COCCN1. The molecule has 0 unspecified atom stereocenters. The van der Waals surface area contributed by atoms with Crippen LogP contribution in [0.2, 0.25) is 0 Å². The van der Waals surface area contributed by atoms with Crippen molar-refractivity contribution in [1.29, 1.82) is 0 Å². The van der Waals surface area contributed by atoms with Crippen LogP contribution in [0.1, 0.15) is 6.92 Å². The van der Waals surface area contributed by atoms with E-state index in [9.17, 15) is 0 Å². The Morgan fingerprint density at radius 1 is 1.67 bits per heavy atom. The molecule has 3 heteroatoms. The van der Waals surface area contributed by atoms with Crippen molar-refractivity contribution in [2.45, 2.75) is 13.0 Å². The fourth-order valence-corrected chi connectivity index (χ4v) is 0.697. The van der Waals surface area contributed by atoms with Crippen LogP contribution in [0.25, 0.3) is 0 Å². The van der Waals surface area contributed by atoms with E-state index in [4.69, 9.17) is 9.53 Å². The highest BCUT2D eigenvalue weighted by molar-refractivity contribution is 5.10. The van der Waals surface area contributed by atoms with Crippen molar-refractivity contribution in [3.63, 3.8) is 0 Å². The lowest BCUT2D eigenvalue weighted by atomic mass is 10.3. The molecule has 1 aliphatic heterocycles. The van der Waals surface area contributed by atoms with Gasteiger partial charge in [0.25, 0.3) is 0 Å². The zero-order valence-electron chi connectivity index (χ0n) is 5.72. The van der Waals surface area contributed by atoms with Gasteiger partial charge in [-0.05, 0) is 6.92 Å². The van der Waals surface area contributed by atoms with Gasteiger partial charge in [-0.1, -0.05) is 0 Å². The molecule has 0 spiro atoms. The van der Waals surface area contributed by atoms with Crippen molar-refractivity contribution >= 4 is 6.79 Å². The third-order valence-electron chi connectivity index (χ3n) is 1.11. The van der Waals surface area contributed by atoms with Crippen LogP contribution in [0.15, 0.2) is 0 Å². The molecule has 0 aromatic heterocycles. The van der Waals surface area contributed by atoms with Crippen LogP contribution in [0.3, 0.4) is 0 Å². The van der Waals surface area contributed by atoms with E-state index in [0.29, 0.717) is 6.04 Å². The molecule has 0 aliphatic carbocycles. The maximum atomic E-state index is 8.00. The van der Waals surface area contributed by atoms with E-state index in [2.05, 4.69) is 12.2 Å². The third-order valence-corrected chi connectivity index (χ3v) is 1.11. The number of carbonyl (C=O) groups is 1. The van der Waals surface area contributed by atoms with E-state index in [1.54, 1.807) is 0 Å². The van der Waals surface area contributed by atoms with Gasteiger partial charge < -0.3 is 14.8 Å². The minimum absolute atomic E-state index is 0.564. The maximum absolute atomic E-state index is 8.00. The second-order valence-corrected chi connectivity index (χ2v) is 1.93. The van der Waals surface area contributed by atoms with Gasteiger partial charge in [-0.25, -0.2) is 0 Å². The Balaban J connectivity index is 0.000000291. The largest absolute Gasteiger partial charge is 0.379 e. The minimum Gasteiger partial charge on any atom is -0.379 e. The van der Waals surface area contributed by atoms with E-state index in [1.165, 1.54) is 0 Å². The molecule has 0 saturated carbocycles. The van der Waals surface area contributed by atoms with E-state index in [0.717, 1.165) is 19.8 Å².